The van der Waals surface area contributed by atoms with Crippen LogP contribution in [-0.2, 0) is 6.42 Å². The first-order chi connectivity index (χ1) is 9.74. The molecular formula is C15H18BrNO2S. The van der Waals surface area contributed by atoms with Gasteiger partial charge in [0.05, 0.1) is 0 Å². The van der Waals surface area contributed by atoms with E-state index in [0.717, 1.165) is 23.2 Å². The van der Waals surface area contributed by atoms with Crippen LogP contribution in [0.25, 0.3) is 0 Å². The summed E-state index contributed by atoms with van der Waals surface area (Å²) in [4.78, 5) is 1.36. The van der Waals surface area contributed by atoms with Gasteiger partial charge in [-0.1, -0.05) is 22.0 Å². The molecule has 2 rings (SSSR count). The molecular weight excluding hydrogens is 338 g/mol. The summed E-state index contributed by atoms with van der Waals surface area (Å²) in [5.74, 6) is 0.769. The van der Waals surface area contributed by atoms with E-state index in [2.05, 4.69) is 38.8 Å². The molecule has 0 spiro atoms. The van der Waals surface area contributed by atoms with E-state index in [1.54, 1.807) is 11.3 Å². The third-order valence-electron chi connectivity index (χ3n) is 2.76. The van der Waals surface area contributed by atoms with Crippen molar-refractivity contribution in [3.8, 4) is 5.75 Å². The molecule has 3 nitrogen and oxygen atoms in total. The van der Waals surface area contributed by atoms with E-state index in [0.29, 0.717) is 13.2 Å². The van der Waals surface area contributed by atoms with E-state index in [4.69, 9.17) is 4.74 Å². The number of aliphatic hydroxyl groups excluding tert-OH is 1. The molecule has 0 radical (unpaired) electrons. The largest absolute Gasteiger partial charge is 0.491 e. The summed E-state index contributed by atoms with van der Waals surface area (Å²) < 4.78 is 6.53. The second-order valence-electron chi connectivity index (χ2n) is 4.45. The monoisotopic (exact) mass is 355 g/mol. The Morgan fingerprint density at radius 3 is 2.75 bits per heavy atom. The van der Waals surface area contributed by atoms with Crippen molar-refractivity contribution in [2.24, 2.45) is 0 Å². The molecule has 1 aromatic carbocycles. The van der Waals surface area contributed by atoms with Crippen molar-refractivity contribution in [1.29, 1.82) is 0 Å². The number of nitrogens with one attached hydrogen (secondary N) is 1. The summed E-state index contributed by atoms with van der Waals surface area (Å²) in [5, 5.41) is 15.1. The van der Waals surface area contributed by atoms with Gasteiger partial charge >= 0.3 is 0 Å². The van der Waals surface area contributed by atoms with Gasteiger partial charge in [-0.25, -0.2) is 0 Å². The van der Waals surface area contributed by atoms with Gasteiger partial charge in [-0.2, -0.15) is 0 Å². The molecule has 2 N–H and O–H groups in total. The number of ether oxygens (including phenoxy) is 1. The lowest BCUT2D eigenvalue weighted by molar-refractivity contribution is 0.106. The van der Waals surface area contributed by atoms with Crippen LogP contribution in [0.5, 0.6) is 5.75 Å². The second-order valence-corrected chi connectivity index (χ2v) is 6.40. The molecule has 5 heteroatoms. The van der Waals surface area contributed by atoms with E-state index in [9.17, 15) is 5.11 Å². The second kappa shape index (κ2) is 8.42. The Morgan fingerprint density at radius 2 is 2.05 bits per heavy atom. The minimum absolute atomic E-state index is 0.299. The molecule has 1 heterocycles. The predicted molar refractivity (Wildman–Crippen MR) is 86.5 cm³/mol. The zero-order valence-corrected chi connectivity index (χ0v) is 13.5. The first-order valence-electron chi connectivity index (χ1n) is 6.53. The third kappa shape index (κ3) is 5.63. The lowest BCUT2D eigenvalue weighted by atomic mass is 10.3. The highest BCUT2D eigenvalue weighted by Gasteiger charge is 2.05. The van der Waals surface area contributed by atoms with Crippen LogP contribution in [0.2, 0.25) is 0 Å². The Labute approximate surface area is 131 Å². The fourth-order valence-corrected chi connectivity index (χ4v) is 2.69. The van der Waals surface area contributed by atoms with E-state index in [-0.39, 0.29) is 0 Å². The first-order valence-corrected chi connectivity index (χ1v) is 8.21. The van der Waals surface area contributed by atoms with Crippen LogP contribution >= 0.6 is 27.3 Å². The van der Waals surface area contributed by atoms with Crippen LogP contribution in [0.4, 0.5) is 0 Å². The van der Waals surface area contributed by atoms with E-state index < -0.39 is 6.10 Å². The van der Waals surface area contributed by atoms with Gasteiger partial charge in [0.25, 0.3) is 0 Å². The summed E-state index contributed by atoms with van der Waals surface area (Å²) in [7, 11) is 0. The summed E-state index contributed by atoms with van der Waals surface area (Å²) in [6, 6.07) is 11.8. The topological polar surface area (TPSA) is 41.5 Å². The Morgan fingerprint density at radius 1 is 1.25 bits per heavy atom. The van der Waals surface area contributed by atoms with Gasteiger partial charge in [0.1, 0.15) is 18.5 Å². The van der Waals surface area contributed by atoms with Gasteiger partial charge in [-0.15, -0.1) is 11.3 Å². The highest BCUT2D eigenvalue weighted by Crippen LogP contribution is 2.16. The number of rotatable bonds is 8. The number of halogens is 1. The molecule has 0 aliphatic rings. The molecule has 0 saturated carbocycles. The maximum absolute atomic E-state index is 9.83. The van der Waals surface area contributed by atoms with Crippen molar-refractivity contribution >= 4 is 27.3 Å². The van der Waals surface area contributed by atoms with Gasteiger partial charge < -0.3 is 15.2 Å². The van der Waals surface area contributed by atoms with Crippen molar-refractivity contribution in [3.63, 3.8) is 0 Å². The Bertz CT molecular complexity index is 487. The molecule has 0 bridgehead atoms. The zero-order chi connectivity index (χ0) is 14.2. The molecule has 0 aliphatic heterocycles. The number of aliphatic hydroxyl groups is 1. The quantitative estimate of drug-likeness (QED) is 0.715. The summed E-state index contributed by atoms with van der Waals surface area (Å²) >= 11 is 5.13. The van der Waals surface area contributed by atoms with Crippen molar-refractivity contribution < 1.29 is 9.84 Å². The van der Waals surface area contributed by atoms with Crippen LogP contribution in [0.3, 0.4) is 0 Å². The van der Waals surface area contributed by atoms with Crippen molar-refractivity contribution in [2.45, 2.75) is 12.5 Å². The average molecular weight is 356 g/mol. The van der Waals surface area contributed by atoms with E-state index >= 15 is 0 Å². The number of benzene rings is 1. The average Bonchev–Trinajstić information content (AvgIpc) is 2.96. The smallest absolute Gasteiger partial charge is 0.119 e. The number of thiophene rings is 1. The highest BCUT2D eigenvalue weighted by atomic mass is 79.9. The first kappa shape index (κ1) is 15.5. The van der Waals surface area contributed by atoms with Gasteiger partial charge in [-0.05, 0) is 42.1 Å². The van der Waals surface area contributed by atoms with Gasteiger partial charge in [-0.3, -0.25) is 0 Å². The molecule has 0 saturated heterocycles. The zero-order valence-electron chi connectivity index (χ0n) is 11.1. The molecule has 1 unspecified atom stereocenters. The fourth-order valence-electron chi connectivity index (χ4n) is 1.72. The van der Waals surface area contributed by atoms with Crippen LogP contribution in [-0.4, -0.2) is 30.9 Å². The summed E-state index contributed by atoms with van der Waals surface area (Å²) in [6.07, 6.45) is 0.500. The molecule has 2 aromatic rings. The molecule has 108 valence electrons. The fraction of sp³-hybridized carbons (Fsp3) is 0.333. The van der Waals surface area contributed by atoms with Crippen molar-refractivity contribution in [2.75, 3.05) is 19.7 Å². The summed E-state index contributed by atoms with van der Waals surface area (Å²) in [5.41, 5.74) is 0. The molecule has 1 atom stereocenters. The van der Waals surface area contributed by atoms with Crippen LogP contribution in [0, 0.1) is 0 Å². The normalized spacial score (nSPS) is 12.3. The third-order valence-corrected chi connectivity index (χ3v) is 4.23. The Hall–Kier alpha value is -0.880. The van der Waals surface area contributed by atoms with Crippen LogP contribution in [0.1, 0.15) is 4.88 Å². The maximum atomic E-state index is 9.83. The standard InChI is InChI=1S/C15H18BrNO2S/c16-12-3-5-14(6-4-12)19-11-13(18)10-17-8-7-15-2-1-9-20-15/h1-6,9,13,17-18H,7-8,10-11H2. The maximum Gasteiger partial charge on any atom is 0.119 e. The predicted octanol–water partition coefficient (Wildman–Crippen LogP) is 3.08. The van der Waals surface area contributed by atoms with Crippen LogP contribution in [0.15, 0.2) is 46.3 Å². The number of hydrogen-bond donors (Lipinski definition) is 2. The van der Waals surface area contributed by atoms with Crippen LogP contribution < -0.4 is 10.1 Å². The van der Waals surface area contributed by atoms with Gasteiger partial charge in [0.15, 0.2) is 0 Å². The van der Waals surface area contributed by atoms with Crippen molar-refractivity contribution in [1.82, 2.24) is 5.32 Å². The Kier molecular flexibility index (Phi) is 6.53. The lowest BCUT2D eigenvalue weighted by Crippen LogP contribution is -2.32. The molecule has 0 aliphatic carbocycles. The van der Waals surface area contributed by atoms with Gasteiger partial charge in [0.2, 0.25) is 0 Å². The minimum Gasteiger partial charge on any atom is -0.491 e. The van der Waals surface area contributed by atoms with Gasteiger partial charge in [0, 0.05) is 22.4 Å². The molecule has 20 heavy (non-hydrogen) atoms. The SMILES string of the molecule is OC(CNCCc1cccs1)COc1ccc(Br)cc1. The molecule has 1 aromatic heterocycles. The van der Waals surface area contributed by atoms with Crippen molar-refractivity contribution in [3.05, 3.63) is 51.1 Å². The van der Waals surface area contributed by atoms with E-state index in [1.165, 1.54) is 4.88 Å². The Balaban J connectivity index is 1.58. The van der Waals surface area contributed by atoms with E-state index in [1.807, 2.05) is 24.3 Å². The lowest BCUT2D eigenvalue weighted by Gasteiger charge is -2.13. The minimum atomic E-state index is -0.498. The molecule has 0 amide bonds. The molecule has 0 fully saturated rings. The number of hydrogen-bond acceptors (Lipinski definition) is 4. The summed E-state index contributed by atoms with van der Waals surface area (Å²) in [6.45, 7) is 1.71. The highest BCUT2D eigenvalue weighted by molar-refractivity contribution is 9.10.